The van der Waals surface area contributed by atoms with Crippen LogP contribution in [0.3, 0.4) is 0 Å². The summed E-state index contributed by atoms with van der Waals surface area (Å²) in [6, 6.07) is 10.8. The topological polar surface area (TPSA) is 76.6 Å². The molecule has 31 heavy (non-hydrogen) atoms. The van der Waals surface area contributed by atoms with Gasteiger partial charge in [-0.25, -0.2) is 18.2 Å². The number of ether oxygens (including phenoxy) is 1. The van der Waals surface area contributed by atoms with E-state index in [-0.39, 0.29) is 21.2 Å². The second-order valence-electron chi connectivity index (χ2n) is 7.40. The van der Waals surface area contributed by atoms with Crippen LogP contribution in [0.1, 0.15) is 35.3 Å². The van der Waals surface area contributed by atoms with Gasteiger partial charge in [0.15, 0.2) is 5.75 Å². The van der Waals surface area contributed by atoms with Gasteiger partial charge in [0.05, 0.1) is 20.5 Å². The van der Waals surface area contributed by atoms with Gasteiger partial charge in [-0.1, -0.05) is 29.6 Å². The highest BCUT2D eigenvalue weighted by Crippen LogP contribution is 2.37. The van der Waals surface area contributed by atoms with Crippen LogP contribution in [0.4, 0.5) is 0 Å². The van der Waals surface area contributed by atoms with E-state index in [1.54, 1.807) is 19.1 Å². The number of sulfonamides is 1. The quantitative estimate of drug-likeness (QED) is 0.378. The maximum atomic E-state index is 12.8. The molecule has 0 spiro atoms. The molecule has 1 aliphatic rings. The molecule has 2 heterocycles. The molecule has 0 unspecified atom stereocenters. The normalized spacial score (nSPS) is 15.2. The van der Waals surface area contributed by atoms with Gasteiger partial charge < -0.3 is 4.74 Å². The number of piperidine rings is 1. The van der Waals surface area contributed by atoms with Gasteiger partial charge in [-0.2, -0.15) is 4.31 Å². The van der Waals surface area contributed by atoms with Gasteiger partial charge in [0.1, 0.15) is 5.52 Å². The molecule has 3 aromatic rings. The fraction of sp³-hybridized carbons (Fsp3) is 0.273. The third-order valence-electron chi connectivity index (χ3n) is 5.21. The van der Waals surface area contributed by atoms with E-state index in [2.05, 4.69) is 4.98 Å². The average Bonchev–Trinajstić information content (AvgIpc) is 2.77. The van der Waals surface area contributed by atoms with Gasteiger partial charge in [0, 0.05) is 24.2 Å². The van der Waals surface area contributed by atoms with Crippen LogP contribution < -0.4 is 4.74 Å². The predicted molar refractivity (Wildman–Crippen MR) is 121 cm³/mol. The lowest BCUT2D eigenvalue weighted by Crippen LogP contribution is -2.35. The van der Waals surface area contributed by atoms with E-state index in [4.69, 9.17) is 27.9 Å². The second-order valence-corrected chi connectivity index (χ2v) is 10.1. The van der Waals surface area contributed by atoms with Crippen molar-refractivity contribution in [3.05, 3.63) is 63.8 Å². The van der Waals surface area contributed by atoms with Crippen molar-refractivity contribution in [2.75, 3.05) is 13.1 Å². The highest BCUT2D eigenvalue weighted by Gasteiger charge is 2.26. The van der Waals surface area contributed by atoms with Gasteiger partial charge >= 0.3 is 5.97 Å². The van der Waals surface area contributed by atoms with Gasteiger partial charge in [0.25, 0.3) is 0 Å². The van der Waals surface area contributed by atoms with Gasteiger partial charge in [-0.3, -0.25) is 0 Å². The summed E-state index contributed by atoms with van der Waals surface area (Å²) in [6.45, 7) is 2.84. The summed E-state index contributed by atoms with van der Waals surface area (Å²) in [6.07, 6.45) is 2.74. The zero-order valence-electron chi connectivity index (χ0n) is 16.8. The number of pyridine rings is 1. The highest BCUT2D eigenvalue weighted by atomic mass is 35.5. The molecule has 1 aromatic heterocycles. The molecule has 0 saturated carbocycles. The zero-order valence-corrected chi connectivity index (χ0v) is 19.1. The summed E-state index contributed by atoms with van der Waals surface area (Å²) in [7, 11) is -3.57. The lowest BCUT2D eigenvalue weighted by Gasteiger charge is -2.25. The number of carbonyl (C=O) groups is 1. The molecular weight excluding hydrogens is 459 g/mol. The molecule has 1 fully saturated rings. The second kappa shape index (κ2) is 8.74. The molecule has 4 rings (SSSR count). The summed E-state index contributed by atoms with van der Waals surface area (Å²) in [4.78, 5) is 17.3. The Bertz CT molecular complexity index is 1250. The van der Waals surface area contributed by atoms with Crippen molar-refractivity contribution >= 4 is 50.1 Å². The Morgan fingerprint density at radius 1 is 1.00 bits per heavy atom. The first-order valence-corrected chi connectivity index (χ1v) is 12.0. The van der Waals surface area contributed by atoms with E-state index in [1.807, 2.05) is 0 Å². The smallest absolute Gasteiger partial charge is 0.343 e. The van der Waals surface area contributed by atoms with Crippen molar-refractivity contribution in [1.29, 1.82) is 0 Å². The Kier molecular flexibility index (Phi) is 6.21. The molecule has 1 saturated heterocycles. The van der Waals surface area contributed by atoms with Crippen LogP contribution in [0.5, 0.6) is 5.75 Å². The number of hydrogen-bond acceptors (Lipinski definition) is 5. The fourth-order valence-electron chi connectivity index (χ4n) is 3.56. The van der Waals surface area contributed by atoms with Crippen LogP contribution >= 0.6 is 23.2 Å². The Morgan fingerprint density at radius 2 is 1.68 bits per heavy atom. The highest BCUT2D eigenvalue weighted by molar-refractivity contribution is 7.89. The average molecular weight is 479 g/mol. The van der Waals surface area contributed by atoms with E-state index >= 15 is 0 Å². The molecule has 162 valence electrons. The first-order valence-electron chi connectivity index (χ1n) is 9.85. The van der Waals surface area contributed by atoms with E-state index in [1.165, 1.54) is 34.6 Å². The third kappa shape index (κ3) is 4.41. The molecule has 0 N–H and O–H groups in total. The van der Waals surface area contributed by atoms with Crippen LogP contribution in [0.15, 0.2) is 47.4 Å². The van der Waals surface area contributed by atoms with Crippen molar-refractivity contribution in [2.45, 2.75) is 31.1 Å². The number of aromatic nitrogens is 1. The van der Waals surface area contributed by atoms with E-state index in [0.717, 1.165) is 25.0 Å². The summed E-state index contributed by atoms with van der Waals surface area (Å²) in [5.74, 6) is -0.560. The van der Waals surface area contributed by atoms with Crippen molar-refractivity contribution < 1.29 is 17.9 Å². The number of esters is 1. The Morgan fingerprint density at radius 3 is 2.35 bits per heavy atom. The zero-order chi connectivity index (χ0) is 22.2. The summed E-state index contributed by atoms with van der Waals surface area (Å²) < 4.78 is 32.6. The summed E-state index contributed by atoms with van der Waals surface area (Å²) >= 11 is 12.5. The van der Waals surface area contributed by atoms with E-state index in [9.17, 15) is 13.2 Å². The minimum Gasteiger partial charge on any atom is -0.419 e. The van der Waals surface area contributed by atoms with Gasteiger partial charge in [-0.05, 0) is 62.2 Å². The molecular formula is C22H20Cl2N2O4S. The van der Waals surface area contributed by atoms with Crippen LogP contribution in [0.2, 0.25) is 10.0 Å². The van der Waals surface area contributed by atoms with Crippen molar-refractivity contribution in [3.63, 3.8) is 0 Å². The summed E-state index contributed by atoms with van der Waals surface area (Å²) in [5.41, 5.74) is 1.30. The fourth-order valence-corrected chi connectivity index (χ4v) is 5.63. The number of fused-ring (bicyclic) bond motifs is 1. The predicted octanol–water partition coefficient (Wildman–Crippen LogP) is 5.24. The number of nitrogens with zero attached hydrogens (tertiary/aromatic N) is 2. The van der Waals surface area contributed by atoms with Crippen molar-refractivity contribution in [3.8, 4) is 5.75 Å². The van der Waals surface area contributed by atoms with Crippen molar-refractivity contribution in [2.24, 2.45) is 0 Å². The van der Waals surface area contributed by atoms with Crippen LogP contribution in [0, 0.1) is 6.92 Å². The maximum Gasteiger partial charge on any atom is 0.343 e. The first-order chi connectivity index (χ1) is 14.8. The minimum absolute atomic E-state index is 0.111. The summed E-state index contributed by atoms with van der Waals surface area (Å²) in [5, 5.41) is 1.18. The van der Waals surface area contributed by atoms with Gasteiger partial charge in [0.2, 0.25) is 10.0 Å². The molecule has 0 bridgehead atoms. The Labute approximate surface area is 190 Å². The number of halogens is 2. The molecule has 0 aliphatic carbocycles. The molecule has 2 aromatic carbocycles. The van der Waals surface area contributed by atoms with E-state index < -0.39 is 16.0 Å². The SMILES string of the molecule is Cc1ccc2c(Cl)cc(Cl)c(OC(=O)c3ccc(S(=O)(=O)N4CCCCC4)cc3)c2n1. The molecule has 0 atom stereocenters. The largest absolute Gasteiger partial charge is 0.419 e. The van der Waals surface area contributed by atoms with E-state index in [0.29, 0.717) is 29.0 Å². The number of aryl methyl sites for hydroxylation is 1. The Hall–Kier alpha value is -2.19. The number of rotatable bonds is 4. The lowest BCUT2D eigenvalue weighted by atomic mass is 10.2. The monoisotopic (exact) mass is 478 g/mol. The Balaban J connectivity index is 1.61. The van der Waals surface area contributed by atoms with Crippen LogP contribution in [0.25, 0.3) is 10.9 Å². The molecule has 6 nitrogen and oxygen atoms in total. The molecule has 0 radical (unpaired) electrons. The molecule has 1 aliphatic heterocycles. The first kappa shape index (κ1) is 22.0. The number of hydrogen-bond donors (Lipinski definition) is 0. The maximum absolute atomic E-state index is 12.8. The number of benzene rings is 2. The van der Waals surface area contributed by atoms with Crippen molar-refractivity contribution in [1.82, 2.24) is 9.29 Å². The van der Waals surface area contributed by atoms with Crippen LogP contribution in [-0.2, 0) is 10.0 Å². The minimum atomic E-state index is -3.57. The molecule has 9 heteroatoms. The lowest BCUT2D eigenvalue weighted by molar-refractivity contribution is 0.0736. The third-order valence-corrected chi connectivity index (χ3v) is 7.72. The molecule has 0 amide bonds. The van der Waals surface area contributed by atoms with Gasteiger partial charge in [-0.15, -0.1) is 0 Å². The standard InChI is InChI=1S/C22H20Cl2N2O4S/c1-14-5-10-17-18(23)13-19(24)21(20(17)25-14)30-22(27)15-6-8-16(9-7-15)31(28,29)26-11-3-2-4-12-26/h5-10,13H,2-4,11-12H2,1H3. The number of carbonyl (C=O) groups excluding carboxylic acids is 1. The van der Waals surface area contributed by atoms with Crippen LogP contribution in [-0.4, -0.2) is 36.8 Å².